The van der Waals surface area contributed by atoms with Crippen molar-refractivity contribution in [1.29, 1.82) is 0 Å². The number of aryl methyl sites for hydroxylation is 1. The third-order valence-corrected chi connectivity index (χ3v) is 3.34. The summed E-state index contributed by atoms with van der Waals surface area (Å²) >= 11 is 0. The molecule has 19 heavy (non-hydrogen) atoms. The maximum Gasteiger partial charge on any atom is 0.251 e. The quantitative estimate of drug-likeness (QED) is 0.888. The largest absolute Gasteiger partial charge is 0.496 e. The second-order valence-electron chi connectivity index (χ2n) is 4.69. The molecule has 1 atom stereocenters. The third-order valence-electron chi connectivity index (χ3n) is 3.34. The van der Waals surface area contributed by atoms with E-state index in [4.69, 9.17) is 4.74 Å². The Morgan fingerprint density at radius 1 is 1.53 bits per heavy atom. The molecule has 1 unspecified atom stereocenters. The summed E-state index contributed by atoms with van der Waals surface area (Å²) in [4.78, 5) is 12.0. The van der Waals surface area contributed by atoms with Crippen LogP contribution in [0.5, 0.6) is 5.75 Å². The summed E-state index contributed by atoms with van der Waals surface area (Å²) < 4.78 is 5.22. The fraction of sp³-hybridized carbons (Fsp3) is 0.500. The monoisotopic (exact) mass is 284 g/mol. The predicted octanol–water partition coefficient (Wildman–Crippen LogP) is 1.91. The fourth-order valence-corrected chi connectivity index (χ4v) is 2.21. The molecule has 5 heteroatoms. The number of carbonyl (C=O) groups is 1. The van der Waals surface area contributed by atoms with Crippen LogP contribution >= 0.6 is 12.4 Å². The molecule has 0 radical (unpaired) electrons. The lowest BCUT2D eigenvalue weighted by Gasteiger charge is -2.12. The van der Waals surface area contributed by atoms with E-state index in [0.717, 1.165) is 24.3 Å². The van der Waals surface area contributed by atoms with Gasteiger partial charge in [0.1, 0.15) is 5.75 Å². The number of nitrogens with one attached hydrogen (secondary N) is 2. The number of hydrogen-bond acceptors (Lipinski definition) is 3. The van der Waals surface area contributed by atoms with Crippen molar-refractivity contribution in [2.45, 2.75) is 25.8 Å². The molecule has 2 N–H and O–H groups in total. The van der Waals surface area contributed by atoms with Crippen LogP contribution in [0.2, 0.25) is 0 Å². The van der Waals surface area contributed by atoms with E-state index in [1.807, 2.05) is 19.1 Å². The van der Waals surface area contributed by atoms with E-state index in [0.29, 0.717) is 18.2 Å². The van der Waals surface area contributed by atoms with E-state index in [-0.39, 0.29) is 18.3 Å². The van der Waals surface area contributed by atoms with Gasteiger partial charge in [0.15, 0.2) is 0 Å². The molecule has 2 rings (SSSR count). The number of methoxy groups -OCH3 is 1. The van der Waals surface area contributed by atoms with Gasteiger partial charge in [0.2, 0.25) is 0 Å². The van der Waals surface area contributed by atoms with E-state index < -0.39 is 0 Å². The molecule has 1 heterocycles. The van der Waals surface area contributed by atoms with Gasteiger partial charge in [0.05, 0.1) is 7.11 Å². The summed E-state index contributed by atoms with van der Waals surface area (Å²) in [5.74, 6) is 0.712. The summed E-state index contributed by atoms with van der Waals surface area (Å²) in [6.07, 6.45) is 2.33. The molecule has 1 aromatic carbocycles. The minimum absolute atomic E-state index is 0. The minimum atomic E-state index is -0.0398. The van der Waals surface area contributed by atoms with Crippen LogP contribution in [0.25, 0.3) is 0 Å². The molecule has 0 bridgehead atoms. The van der Waals surface area contributed by atoms with E-state index in [1.54, 1.807) is 13.2 Å². The predicted molar refractivity (Wildman–Crippen MR) is 78.3 cm³/mol. The number of halogens is 1. The van der Waals surface area contributed by atoms with Crippen LogP contribution in [0.15, 0.2) is 18.2 Å². The average Bonchev–Trinajstić information content (AvgIpc) is 2.89. The topological polar surface area (TPSA) is 50.4 Å². The highest BCUT2D eigenvalue weighted by molar-refractivity contribution is 5.94. The van der Waals surface area contributed by atoms with Crippen molar-refractivity contribution in [1.82, 2.24) is 10.6 Å². The van der Waals surface area contributed by atoms with Crippen LogP contribution in [-0.2, 0) is 0 Å². The summed E-state index contributed by atoms with van der Waals surface area (Å²) in [6, 6.07) is 5.94. The van der Waals surface area contributed by atoms with Crippen molar-refractivity contribution in [3.05, 3.63) is 29.3 Å². The molecule has 1 aliphatic heterocycles. The number of hydrogen-bond donors (Lipinski definition) is 2. The summed E-state index contributed by atoms with van der Waals surface area (Å²) in [7, 11) is 1.62. The van der Waals surface area contributed by atoms with Crippen LogP contribution in [-0.4, -0.2) is 32.1 Å². The molecule has 0 spiro atoms. The zero-order valence-electron chi connectivity index (χ0n) is 11.4. The lowest BCUT2D eigenvalue weighted by atomic mass is 10.1. The Bertz CT molecular complexity index is 431. The molecule has 1 amide bonds. The first-order valence-electron chi connectivity index (χ1n) is 6.37. The van der Waals surface area contributed by atoms with Gasteiger partial charge in [-0.1, -0.05) is 6.07 Å². The van der Waals surface area contributed by atoms with Gasteiger partial charge in [0.25, 0.3) is 5.91 Å². The van der Waals surface area contributed by atoms with Gasteiger partial charge < -0.3 is 15.4 Å². The lowest BCUT2D eigenvalue weighted by Crippen LogP contribution is -2.37. The SMILES string of the molecule is COc1cc(C(=O)NCC2CCCN2)ccc1C.Cl. The first-order valence-corrected chi connectivity index (χ1v) is 6.37. The minimum Gasteiger partial charge on any atom is -0.496 e. The Balaban J connectivity index is 0.00000180. The molecule has 0 saturated carbocycles. The van der Waals surface area contributed by atoms with Crippen molar-refractivity contribution in [2.75, 3.05) is 20.2 Å². The molecule has 4 nitrogen and oxygen atoms in total. The molecular weight excluding hydrogens is 264 g/mol. The first kappa shape index (κ1) is 15.8. The van der Waals surface area contributed by atoms with E-state index in [2.05, 4.69) is 10.6 Å². The van der Waals surface area contributed by atoms with Crippen LogP contribution in [0.3, 0.4) is 0 Å². The summed E-state index contributed by atoms with van der Waals surface area (Å²) in [5.41, 5.74) is 1.68. The second kappa shape index (κ2) is 7.36. The van der Waals surface area contributed by atoms with E-state index in [9.17, 15) is 4.79 Å². The summed E-state index contributed by atoms with van der Waals surface area (Å²) in [5, 5.41) is 6.31. The first-order chi connectivity index (χ1) is 8.70. The zero-order valence-corrected chi connectivity index (χ0v) is 12.2. The van der Waals surface area contributed by atoms with Gasteiger partial charge in [-0.05, 0) is 44.0 Å². The third kappa shape index (κ3) is 4.11. The molecule has 0 aliphatic carbocycles. The smallest absolute Gasteiger partial charge is 0.251 e. The van der Waals surface area contributed by atoms with Gasteiger partial charge in [-0.3, -0.25) is 4.79 Å². The van der Waals surface area contributed by atoms with Crippen LogP contribution in [0.1, 0.15) is 28.8 Å². The van der Waals surface area contributed by atoms with Crippen molar-refractivity contribution in [3.8, 4) is 5.75 Å². The Hall–Kier alpha value is -1.26. The number of amides is 1. The normalized spacial score (nSPS) is 17.7. The van der Waals surface area contributed by atoms with Crippen molar-refractivity contribution in [2.24, 2.45) is 0 Å². The van der Waals surface area contributed by atoms with Crippen LogP contribution in [0, 0.1) is 6.92 Å². The zero-order chi connectivity index (χ0) is 13.0. The van der Waals surface area contributed by atoms with Gasteiger partial charge in [-0.15, -0.1) is 12.4 Å². The van der Waals surface area contributed by atoms with Crippen LogP contribution < -0.4 is 15.4 Å². The maximum atomic E-state index is 12.0. The number of ether oxygens (including phenoxy) is 1. The summed E-state index contributed by atoms with van der Waals surface area (Å²) in [6.45, 7) is 3.71. The Kier molecular flexibility index (Phi) is 6.12. The van der Waals surface area contributed by atoms with E-state index in [1.165, 1.54) is 6.42 Å². The Morgan fingerprint density at radius 3 is 2.95 bits per heavy atom. The molecule has 0 aromatic heterocycles. The Morgan fingerprint density at radius 2 is 2.32 bits per heavy atom. The van der Waals surface area contributed by atoms with Crippen LogP contribution in [0.4, 0.5) is 0 Å². The lowest BCUT2D eigenvalue weighted by molar-refractivity contribution is 0.0950. The second-order valence-corrected chi connectivity index (χ2v) is 4.69. The highest BCUT2D eigenvalue weighted by Crippen LogP contribution is 2.18. The fourth-order valence-electron chi connectivity index (χ4n) is 2.21. The van der Waals surface area contributed by atoms with Crippen molar-refractivity contribution in [3.63, 3.8) is 0 Å². The number of rotatable bonds is 4. The molecule has 1 aromatic rings. The van der Waals surface area contributed by atoms with Gasteiger partial charge in [-0.25, -0.2) is 0 Å². The Labute approximate surface area is 120 Å². The van der Waals surface area contributed by atoms with Crippen molar-refractivity contribution < 1.29 is 9.53 Å². The molecule has 106 valence electrons. The van der Waals surface area contributed by atoms with Gasteiger partial charge in [-0.2, -0.15) is 0 Å². The van der Waals surface area contributed by atoms with Gasteiger partial charge in [0, 0.05) is 18.2 Å². The number of benzene rings is 1. The van der Waals surface area contributed by atoms with Crippen molar-refractivity contribution >= 4 is 18.3 Å². The van der Waals surface area contributed by atoms with E-state index >= 15 is 0 Å². The standard InChI is InChI=1S/C14H20N2O2.ClH/c1-10-5-6-11(8-13(10)18-2)14(17)16-9-12-4-3-7-15-12;/h5-6,8,12,15H,3-4,7,9H2,1-2H3,(H,16,17);1H. The molecule has 1 aliphatic rings. The highest BCUT2D eigenvalue weighted by Gasteiger charge is 2.15. The number of carbonyl (C=O) groups excluding carboxylic acids is 1. The van der Waals surface area contributed by atoms with Gasteiger partial charge >= 0.3 is 0 Å². The highest BCUT2D eigenvalue weighted by atomic mass is 35.5. The molecular formula is C14H21ClN2O2. The molecule has 1 saturated heterocycles. The maximum absolute atomic E-state index is 12.0. The average molecular weight is 285 g/mol. The molecule has 1 fully saturated rings.